The van der Waals surface area contributed by atoms with E-state index in [1.54, 1.807) is 11.9 Å². The van der Waals surface area contributed by atoms with Crippen molar-refractivity contribution < 1.29 is 24.0 Å². The number of hydrogen-bond donors (Lipinski definition) is 2. The Morgan fingerprint density at radius 3 is 2.64 bits per heavy atom. The number of amides is 3. The molecule has 0 saturated carbocycles. The molecule has 3 amide bonds. The number of carbonyl (C=O) groups is 3. The van der Waals surface area contributed by atoms with E-state index in [-0.39, 0.29) is 24.1 Å². The van der Waals surface area contributed by atoms with Crippen molar-refractivity contribution in [2.45, 2.75) is 76.5 Å². The lowest BCUT2D eigenvalue weighted by atomic mass is 9.94. The summed E-state index contributed by atoms with van der Waals surface area (Å²) >= 11 is 0. The average Bonchev–Trinajstić information content (AvgIpc) is 2.96. The summed E-state index contributed by atoms with van der Waals surface area (Å²) in [4.78, 5) is 47.1. The zero-order valence-electron chi connectivity index (χ0n) is 22.9. The fourth-order valence-corrected chi connectivity index (χ4v) is 5.25. The molecule has 2 aliphatic rings. The highest BCUT2D eigenvalue weighted by molar-refractivity contribution is 5.92. The van der Waals surface area contributed by atoms with Crippen LogP contribution in [0.1, 0.15) is 63.4 Å². The van der Waals surface area contributed by atoms with Gasteiger partial charge < -0.3 is 15.0 Å². The minimum Gasteiger partial charge on any atom is -0.350 e. The van der Waals surface area contributed by atoms with Crippen molar-refractivity contribution in [3.63, 3.8) is 0 Å². The maximum atomic E-state index is 13.6. The van der Waals surface area contributed by atoms with Gasteiger partial charge in [0.2, 0.25) is 17.7 Å². The fraction of sp³-hybridized carbons (Fsp3) is 0.516. The summed E-state index contributed by atoms with van der Waals surface area (Å²) in [6, 6.07) is 13.3. The molecule has 4 rings (SSSR count). The Morgan fingerprint density at radius 2 is 1.82 bits per heavy atom. The molecule has 2 aromatic rings. The lowest BCUT2D eigenvalue weighted by Gasteiger charge is -2.27. The van der Waals surface area contributed by atoms with Crippen LogP contribution in [0.4, 0.5) is 0 Å². The zero-order chi connectivity index (χ0) is 27.5. The van der Waals surface area contributed by atoms with Crippen molar-refractivity contribution in [3.05, 3.63) is 60.2 Å². The average molecular weight is 536 g/mol. The molecule has 2 aromatic carbocycles. The van der Waals surface area contributed by atoms with Crippen LogP contribution in [0.3, 0.4) is 0 Å². The Labute approximate surface area is 231 Å². The van der Waals surface area contributed by atoms with Gasteiger partial charge in [-0.1, -0.05) is 54.6 Å². The second-order valence-corrected chi connectivity index (χ2v) is 10.5. The first-order chi connectivity index (χ1) is 19.0. The number of fused-ring (bicyclic) bond motifs is 1. The summed E-state index contributed by atoms with van der Waals surface area (Å²) in [6.45, 7) is 1.22. The summed E-state index contributed by atoms with van der Waals surface area (Å²) in [5, 5.41) is 5.18. The predicted molar refractivity (Wildman–Crippen MR) is 150 cm³/mol. The van der Waals surface area contributed by atoms with Gasteiger partial charge in [-0.25, -0.2) is 10.3 Å². The Bertz CT molecular complexity index is 1140. The van der Waals surface area contributed by atoms with Crippen LogP contribution < -0.4 is 10.8 Å². The number of likely N-dealkylation sites (N-methyl/N-ethyl adjacent to an activating group) is 1. The van der Waals surface area contributed by atoms with Gasteiger partial charge >= 0.3 is 0 Å². The number of ether oxygens (including phenoxy) is 1. The Hall–Kier alpha value is -3.23. The first-order valence-corrected chi connectivity index (χ1v) is 14.2. The number of nitrogens with zero attached hydrogens (tertiary/aromatic N) is 1. The van der Waals surface area contributed by atoms with Gasteiger partial charge in [0.15, 0.2) is 6.29 Å². The number of benzene rings is 2. The molecule has 0 radical (unpaired) electrons. The van der Waals surface area contributed by atoms with Gasteiger partial charge in [-0.05, 0) is 61.3 Å². The molecule has 2 heterocycles. The normalized spacial score (nSPS) is 24.5. The van der Waals surface area contributed by atoms with Crippen molar-refractivity contribution in [2.24, 2.45) is 5.92 Å². The molecule has 8 nitrogen and oxygen atoms in total. The van der Waals surface area contributed by atoms with E-state index in [0.29, 0.717) is 26.0 Å². The number of rotatable bonds is 6. The van der Waals surface area contributed by atoms with Crippen molar-refractivity contribution in [3.8, 4) is 0 Å². The van der Waals surface area contributed by atoms with E-state index >= 15 is 0 Å². The van der Waals surface area contributed by atoms with Crippen molar-refractivity contribution in [1.82, 2.24) is 15.7 Å². The Morgan fingerprint density at radius 1 is 1.03 bits per heavy atom. The Kier molecular flexibility index (Phi) is 10.9. The summed E-state index contributed by atoms with van der Waals surface area (Å²) in [6.07, 6.45) is 10.8. The number of carbonyl (C=O) groups excluding carboxylic acids is 3. The van der Waals surface area contributed by atoms with Crippen LogP contribution in [0, 0.1) is 5.92 Å². The summed E-state index contributed by atoms with van der Waals surface area (Å²) in [5.41, 5.74) is 3.48. The van der Waals surface area contributed by atoms with Gasteiger partial charge in [0.25, 0.3) is 0 Å². The Balaban J connectivity index is 1.50. The molecule has 39 heavy (non-hydrogen) atoms. The fourth-order valence-electron chi connectivity index (χ4n) is 5.25. The lowest BCUT2D eigenvalue weighted by Crippen LogP contribution is -2.50. The molecule has 1 fully saturated rings. The highest BCUT2D eigenvalue weighted by Crippen LogP contribution is 2.22. The molecule has 1 saturated heterocycles. The van der Waals surface area contributed by atoms with Gasteiger partial charge in [-0.15, -0.1) is 0 Å². The second-order valence-electron chi connectivity index (χ2n) is 10.5. The van der Waals surface area contributed by atoms with Gasteiger partial charge in [0.1, 0.15) is 6.04 Å². The smallest absolute Gasteiger partial charge is 0.245 e. The molecule has 8 heteroatoms. The molecule has 0 bridgehead atoms. The summed E-state index contributed by atoms with van der Waals surface area (Å²) in [5.74, 6) is -1.36. The largest absolute Gasteiger partial charge is 0.350 e. The maximum absolute atomic E-state index is 13.6. The van der Waals surface area contributed by atoms with E-state index < -0.39 is 18.2 Å². The highest BCUT2D eigenvalue weighted by atomic mass is 16.8. The molecular formula is C31H41N3O5. The molecule has 3 atom stereocenters. The topological polar surface area (TPSA) is 97.0 Å². The molecule has 2 N–H and O–H groups in total. The first kappa shape index (κ1) is 28.8. The van der Waals surface area contributed by atoms with E-state index in [4.69, 9.17) is 9.57 Å². The molecule has 210 valence electrons. The number of hydroxylamine groups is 1. The maximum Gasteiger partial charge on any atom is 0.245 e. The molecule has 2 aliphatic heterocycles. The van der Waals surface area contributed by atoms with Crippen LogP contribution in [0.5, 0.6) is 0 Å². The number of nitrogens with one attached hydrogen (secondary N) is 2. The van der Waals surface area contributed by atoms with Crippen LogP contribution in [-0.4, -0.2) is 55.2 Å². The lowest BCUT2D eigenvalue weighted by molar-refractivity contribution is -0.200. The van der Waals surface area contributed by atoms with Crippen LogP contribution in [0.15, 0.2) is 54.6 Å². The van der Waals surface area contributed by atoms with Crippen molar-refractivity contribution in [1.29, 1.82) is 0 Å². The minimum atomic E-state index is -0.732. The standard InChI is InChI=1S/C31H41N3O5/c1-34-19-10-5-3-2-4-6-14-25(22-28(35)33-39-29-18-9-11-20-38-29)30(36)32-27(31(34)37)21-24-16-12-15-23-13-7-8-17-26(23)24/h2-3,7-8,12-13,15-17,25,27,29H,4-6,9-11,14,18-22H2,1H3,(H,32,36)(H,33,35)/b3-2+/t25-,27+,29?/m1/s1. The van der Waals surface area contributed by atoms with E-state index in [0.717, 1.165) is 61.3 Å². The van der Waals surface area contributed by atoms with E-state index in [2.05, 4.69) is 22.9 Å². The first-order valence-electron chi connectivity index (χ1n) is 14.2. The molecule has 0 spiro atoms. The van der Waals surface area contributed by atoms with Gasteiger partial charge in [-0.3, -0.25) is 14.4 Å². The molecule has 1 unspecified atom stereocenters. The zero-order valence-corrected chi connectivity index (χ0v) is 22.9. The van der Waals surface area contributed by atoms with Crippen LogP contribution in [0.2, 0.25) is 0 Å². The summed E-state index contributed by atoms with van der Waals surface area (Å²) in [7, 11) is 1.79. The highest BCUT2D eigenvalue weighted by Gasteiger charge is 2.29. The number of allylic oxidation sites excluding steroid dienone is 2. The second kappa shape index (κ2) is 14.8. The van der Waals surface area contributed by atoms with E-state index in [1.165, 1.54) is 0 Å². The van der Waals surface area contributed by atoms with E-state index in [1.807, 2.05) is 42.5 Å². The van der Waals surface area contributed by atoms with Crippen LogP contribution in [0.25, 0.3) is 10.8 Å². The minimum absolute atomic E-state index is 0.0206. The van der Waals surface area contributed by atoms with Crippen LogP contribution >= 0.6 is 0 Å². The van der Waals surface area contributed by atoms with Crippen molar-refractivity contribution >= 4 is 28.5 Å². The predicted octanol–water partition coefficient (Wildman–Crippen LogP) is 4.43. The SMILES string of the molecule is CN1CCC/C=C/CCC[C@H](CC(=O)NOC2CCCCO2)C(=O)N[C@@H](Cc2cccc3ccccc23)C1=O. The third-order valence-electron chi connectivity index (χ3n) is 7.49. The molecule has 0 aromatic heterocycles. The quantitative estimate of drug-likeness (QED) is 0.422. The van der Waals surface area contributed by atoms with E-state index in [9.17, 15) is 14.4 Å². The van der Waals surface area contributed by atoms with Gasteiger partial charge in [-0.2, -0.15) is 0 Å². The number of hydrogen-bond acceptors (Lipinski definition) is 5. The van der Waals surface area contributed by atoms with Crippen molar-refractivity contribution in [2.75, 3.05) is 20.2 Å². The third kappa shape index (κ3) is 8.63. The molecular weight excluding hydrogens is 494 g/mol. The monoisotopic (exact) mass is 535 g/mol. The van der Waals surface area contributed by atoms with Crippen LogP contribution in [-0.2, 0) is 30.4 Å². The van der Waals surface area contributed by atoms with Gasteiger partial charge in [0, 0.05) is 45.4 Å². The van der Waals surface area contributed by atoms with Gasteiger partial charge in [0.05, 0.1) is 0 Å². The third-order valence-corrected chi connectivity index (χ3v) is 7.49. The molecule has 0 aliphatic carbocycles. The summed E-state index contributed by atoms with van der Waals surface area (Å²) < 4.78 is 5.51.